The Hall–Kier alpha value is -1.59. The van der Waals surface area contributed by atoms with E-state index in [9.17, 15) is 5.11 Å². The highest BCUT2D eigenvalue weighted by molar-refractivity contribution is 5.77. The summed E-state index contributed by atoms with van der Waals surface area (Å²) in [4.78, 5) is 4.26. The highest BCUT2D eigenvalue weighted by atomic mass is 16.5. The summed E-state index contributed by atoms with van der Waals surface area (Å²) in [6.45, 7) is 0.0500. The van der Waals surface area contributed by atoms with Crippen LogP contribution in [0.1, 0.15) is 19.1 Å². The van der Waals surface area contributed by atoms with Gasteiger partial charge in [0.05, 0.1) is 30.1 Å². The van der Waals surface area contributed by atoms with Gasteiger partial charge in [-0.3, -0.25) is 0 Å². The molecule has 0 bridgehead atoms. The first-order chi connectivity index (χ1) is 8.28. The maximum Gasteiger partial charge on any atom is 0.135 e. The van der Waals surface area contributed by atoms with Crippen molar-refractivity contribution in [3.63, 3.8) is 0 Å². The largest absolute Gasteiger partial charge is 0.508 e. The van der Waals surface area contributed by atoms with E-state index in [0.717, 1.165) is 23.9 Å². The van der Waals surface area contributed by atoms with Crippen LogP contribution < -0.4 is 0 Å². The predicted octanol–water partition coefficient (Wildman–Crippen LogP) is 1.41. The van der Waals surface area contributed by atoms with Crippen molar-refractivity contribution in [1.29, 1.82) is 0 Å². The molecule has 0 radical (unpaired) electrons. The molecule has 2 aromatic rings. The number of nitrogens with zero attached hydrogens (tertiary/aromatic N) is 2. The Bertz CT molecular complexity index is 538. The Morgan fingerprint density at radius 1 is 1.41 bits per heavy atom. The molecule has 1 aromatic heterocycles. The molecular formula is C12H14N2O3. The van der Waals surface area contributed by atoms with Crippen LogP contribution in [0.5, 0.6) is 5.75 Å². The summed E-state index contributed by atoms with van der Waals surface area (Å²) in [5, 5.41) is 18.5. The fraction of sp³-hybridized carbons (Fsp3) is 0.417. The van der Waals surface area contributed by atoms with Crippen molar-refractivity contribution in [3.8, 4) is 5.75 Å². The molecule has 1 fully saturated rings. The van der Waals surface area contributed by atoms with Gasteiger partial charge in [0.1, 0.15) is 12.0 Å². The van der Waals surface area contributed by atoms with Crippen molar-refractivity contribution < 1.29 is 14.9 Å². The van der Waals surface area contributed by atoms with Crippen LogP contribution in [0.15, 0.2) is 24.5 Å². The number of hydrogen-bond donors (Lipinski definition) is 2. The summed E-state index contributed by atoms with van der Waals surface area (Å²) in [6.07, 6.45) is 3.23. The van der Waals surface area contributed by atoms with Crippen molar-refractivity contribution in [2.24, 2.45) is 0 Å². The summed E-state index contributed by atoms with van der Waals surface area (Å²) in [5.74, 6) is 0.218. The van der Waals surface area contributed by atoms with Crippen LogP contribution >= 0.6 is 0 Å². The monoisotopic (exact) mass is 234 g/mol. The first-order valence-electron chi connectivity index (χ1n) is 5.70. The zero-order chi connectivity index (χ0) is 11.8. The number of ether oxygens (including phenoxy) is 1. The van der Waals surface area contributed by atoms with E-state index >= 15 is 0 Å². The van der Waals surface area contributed by atoms with E-state index in [1.807, 2.05) is 4.57 Å². The minimum atomic E-state index is -0.0982. The minimum Gasteiger partial charge on any atom is -0.508 e. The van der Waals surface area contributed by atoms with Crippen LogP contribution in [-0.4, -0.2) is 32.5 Å². The van der Waals surface area contributed by atoms with Gasteiger partial charge in [0.2, 0.25) is 0 Å². The molecule has 1 aliphatic rings. The maximum absolute atomic E-state index is 9.49. The van der Waals surface area contributed by atoms with Crippen LogP contribution in [0.4, 0.5) is 0 Å². The quantitative estimate of drug-likeness (QED) is 0.824. The SMILES string of the molecule is OC[C@@H]1CC[C@@H](n2cnc3ccc(O)cc32)O1. The van der Waals surface area contributed by atoms with Crippen molar-refractivity contribution in [2.45, 2.75) is 25.2 Å². The van der Waals surface area contributed by atoms with Crippen molar-refractivity contribution in [3.05, 3.63) is 24.5 Å². The average molecular weight is 234 g/mol. The Labute approximate surface area is 98.3 Å². The Morgan fingerprint density at radius 3 is 3.06 bits per heavy atom. The average Bonchev–Trinajstić information content (AvgIpc) is 2.93. The fourth-order valence-electron chi connectivity index (χ4n) is 2.27. The topological polar surface area (TPSA) is 67.5 Å². The van der Waals surface area contributed by atoms with Crippen molar-refractivity contribution >= 4 is 11.0 Å². The molecule has 90 valence electrons. The third-order valence-corrected chi connectivity index (χ3v) is 3.16. The minimum absolute atomic E-state index is 0.0500. The molecule has 2 atom stereocenters. The zero-order valence-corrected chi connectivity index (χ0v) is 9.28. The van der Waals surface area contributed by atoms with Crippen molar-refractivity contribution in [1.82, 2.24) is 9.55 Å². The first-order valence-corrected chi connectivity index (χ1v) is 5.70. The molecule has 17 heavy (non-hydrogen) atoms. The normalized spacial score (nSPS) is 24.5. The van der Waals surface area contributed by atoms with Gasteiger partial charge in [-0.15, -0.1) is 0 Å². The zero-order valence-electron chi connectivity index (χ0n) is 9.28. The van der Waals surface area contributed by atoms with E-state index in [1.54, 1.807) is 24.5 Å². The highest BCUT2D eigenvalue weighted by Crippen LogP contribution is 2.31. The lowest BCUT2D eigenvalue weighted by Crippen LogP contribution is -2.13. The molecule has 2 N–H and O–H groups in total. The molecular weight excluding hydrogens is 220 g/mol. The van der Waals surface area contributed by atoms with Gasteiger partial charge in [-0.1, -0.05) is 0 Å². The van der Waals surface area contributed by atoms with Gasteiger partial charge >= 0.3 is 0 Å². The number of benzene rings is 1. The van der Waals surface area contributed by atoms with E-state index < -0.39 is 0 Å². The number of aliphatic hydroxyl groups is 1. The number of fused-ring (bicyclic) bond motifs is 1. The van der Waals surface area contributed by atoms with E-state index in [-0.39, 0.29) is 24.7 Å². The van der Waals surface area contributed by atoms with Gasteiger partial charge in [0, 0.05) is 6.07 Å². The molecule has 1 aromatic carbocycles. The molecule has 5 heteroatoms. The smallest absolute Gasteiger partial charge is 0.135 e. The first kappa shape index (κ1) is 10.6. The third kappa shape index (κ3) is 1.77. The molecule has 0 saturated carbocycles. The van der Waals surface area contributed by atoms with Gasteiger partial charge in [0.25, 0.3) is 0 Å². The van der Waals surface area contributed by atoms with Crippen LogP contribution in [0.25, 0.3) is 11.0 Å². The number of aromatic nitrogens is 2. The molecule has 3 rings (SSSR count). The molecule has 2 heterocycles. The van der Waals surface area contributed by atoms with E-state index in [1.165, 1.54) is 0 Å². The lowest BCUT2D eigenvalue weighted by Gasteiger charge is -2.14. The predicted molar refractivity (Wildman–Crippen MR) is 61.6 cm³/mol. The van der Waals surface area contributed by atoms with Crippen LogP contribution in [0, 0.1) is 0 Å². The second-order valence-electron chi connectivity index (χ2n) is 4.30. The van der Waals surface area contributed by atoms with Gasteiger partial charge < -0.3 is 19.5 Å². The molecule has 0 spiro atoms. The highest BCUT2D eigenvalue weighted by Gasteiger charge is 2.26. The number of phenolic OH excluding ortho intramolecular Hbond substituents is 1. The maximum atomic E-state index is 9.49. The standard InChI is InChI=1S/C12H14N2O3/c15-6-9-2-4-12(17-9)14-7-13-10-3-1-8(16)5-11(10)14/h1,3,5,7,9,12,15-16H,2,4,6H2/t9-,12-/m0/s1. The summed E-state index contributed by atoms with van der Waals surface area (Å²) in [5.41, 5.74) is 1.69. The van der Waals surface area contributed by atoms with Gasteiger partial charge in [-0.25, -0.2) is 4.98 Å². The lowest BCUT2D eigenvalue weighted by atomic mass is 10.2. The number of aliphatic hydroxyl groups excluding tert-OH is 1. The second-order valence-corrected chi connectivity index (χ2v) is 4.30. The Balaban J connectivity index is 1.98. The van der Waals surface area contributed by atoms with Gasteiger partial charge in [0.15, 0.2) is 0 Å². The summed E-state index contributed by atoms with van der Waals surface area (Å²) in [6, 6.07) is 5.07. The van der Waals surface area contributed by atoms with Crippen LogP contribution in [0.2, 0.25) is 0 Å². The summed E-state index contributed by atoms with van der Waals surface area (Å²) >= 11 is 0. The third-order valence-electron chi connectivity index (χ3n) is 3.16. The number of imidazole rings is 1. The summed E-state index contributed by atoms with van der Waals surface area (Å²) < 4.78 is 7.60. The van der Waals surface area contributed by atoms with E-state index in [4.69, 9.17) is 9.84 Å². The van der Waals surface area contributed by atoms with Crippen LogP contribution in [-0.2, 0) is 4.74 Å². The second kappa shape index (κ2) is 4.01. The lowest BCUT2D eigenvalue weighted by molar-refractivity contribution is -0.0204. The number of phenols is 1. The molecule has 5 nitrogen and oxygen atoms in total. The molecule has 0 aliphatic carbocycles. The molecule has 0 unspecified atom stereocenters. The summed E-state index contributed by atoms with van der Waals surface area (Å²) in [7, 11) is 0. The molecule has 1 saturated heterocycles. The molecule has 1 aliphatic heterocycles. The van der Waals surface area contributed by atoms with Gasteiger partial charge in [-0.05, 0) is 25.0 Å². The van der Waals surface area contributed by atoms with Crippen molar-refractivity contribution in [2.75, 3.05) is 6.61 Å². The van der Waals surface area contributed by atoms with Crippen LogP contribution in [0.3, 0.4) is 0 Å². The molecule has 0 amide bonds. The fourth-order valence-corrected chi connectivity index (χ4v) is 2.27. The van der Waals surface area contributed by atoms with E-state index in [0.29, 0.717) is 0 Å². The Morgan fingerprint density at radius 2 is 2.29 bits per heavy atom. The number of rotatable bonds is 2. The number of hydrogen-bond acceptors (Lipinski definition) is 4. The number of aromatic hydroxyl groups is 1. The Kier molecular flexibility index (Phi) is 2.49. The van der Waals surface area contributed by atoms with Gasteiger partial charge in [-0.2, -0.15) is 0 Å². The van der Waals surface area contributed by atoms with E-state index in [2.05, 4.69) is 4.98 Å².